The van der Waals surface area contributed by atoms with Crippen molar-refractivity contribution in [3.05, 3.63) is 42.0 Å². The van der Waals surface area contributed by atoms with Gasteiger partial charge in [-0.15, -0.1) is 0 Å². The molecule has 2 bridgehead atoms. The minimum Gasteiger partial charge on any atom is -0.497 e. The average Bonchev–Trinajstić information content (AvgIpc) is 3.42. The smallest absolute Gasteiger partial charge is 0.192 e. The van der Waals surface area contributed by atoms with Gasteiger partial charge in [0.05, 0.1) is 25.4 Å². The third-order valence-electron chi connectivity index (χ3n) is 11.8. The fourth-order valence-corrected chi connectivity index (χ4v) is 9.33. The summed E-state index contributed by atoms with van der Waals surface area (Å²) in [4.78, 5) is 14.1. The lowest BCUT2D eigenvalue weighted by Crippen LogP contribution is -2.60. The number of carbonyl (C=O) groups is 1. The summed E-state index contributed by atoms with van der Waals surface area (Å²) in [7, 11) is -0.507. The van der Waals surface area contributed by atoms with Gasteiger partial charge in [-0.2, -0.15) is 0 Å². The maximum absolute atomic E-state index is 14.1. The zero-order valence-electron chi connectivity index (χ0n) is 26.0. The van der Waals surface area contributed by atoms with E-state index in [0.717, 1.165) is 29.7 Å². The zero-order chi connectivity index (χ0) is 29.5. The predicted octanol–water partition coefficient (Wildman–Crippen LogP) is 6.98. The van der Waals surface area contributed by atoms with Gasteiger partial charge in [0, 0.05) is 22.8 Å². The topological polar surface area (TPSA) is 74.2 Å². The summed E-state index contributed by atoms with van der Waals surface area (Å²) in [6, 6.07) is 7.86. The van der Waals surface area contributed by atoms with Crippen molar-refractivity contribution in [1.82, 2.24) is 0 Å². The summed E-state index contributed by atoms with van der Waals surface area (Å²) >= 11 is 0. The fourth-order valence-electron chi connectivity index (χ4n) is 7.89. The Morgan fingerprint density at radius 1 is 1.07 bits per heavy atom. The first-order chi connectivity index (χ1) is 18.5. The van der Waals surface area contributed by atoms with E-state index < -0.39 is 31.0 Å². The molecule has 1 heterocycles. The Hall–Kier alpha value is -1.51. The second-order valence-corrected chi connectivity index (χ2v) is 19.9. The molecule has 1 N–H and O–H groups in total. The second kappa shape index (κ2) is 9.77. The summed E-state index contributed by atoms with van der Waals surface area (Å²) in [5.74, 6) is 0.489. The molecule has 1 aliphatic heterocycles. The summed E-state index contributed by atoms with van der Waals surface area (Å²) in [5, 5.41) is 12.1. The van der Waals surface area contributed by atoms with Crippen LogP contribution in [0.2, 0.25) is 18.1 Å². The standard InChI is InChI=1S/C33H50O6Si/c1-20-11-16-26(39-40(9,10)30(2,3)4)32(7)24(20)19-25(34)33(35)18-17-23(31(33,5)6)27-28(32)38-29(37-27)21-12-14-22(36-8)15-13-21/h12-15,23-24,26-29,35H,1,11,16-19H2,2-10H3/t23-,24-,26+,27-,28+,29?,32+,33-/m1/s1. The number of ether oxygens (including phenoxy) is 3. The Morgan fingerprint density at radius 3 is 2.33 bits per heavy atom. The Bertz CT molecular complexity index is 1150. The van der Waals surface area contributed by atoms with Crippen molar-refractivity contribution in [2.24, 2.45) is 22.7 Å². The molecule has 4 fully saturated rings. The molecular weight excluding hydrogens is 520 g/mol. The van der Waals surface area contributed by atoms with Crippen LogP contribution >= 0.6 is 0 Å². The third-order valence-corrected chi connectivity index (χ3v) is 16.3. The van der Waals surface area contributed by atoms with Gasteiger partial charge < -0.3 is 23.7 Å². The first-order valence-corrected chi connectivity index (χ1v) is 17.9. The van der Waals surface area contributed by atoms with Gasteiger partial charge in [-0.05, 0) is 67.8 Å². The zero-order valence-corrected chi connectivity index (χ0v) is 27.0. The third kappa shape index (κ3) is 4.37. The highest BCUT2D eigenvalue weighted by Gasteiger charge is 2.68. The van der Waals surface area contributed by atoms with Crippen molar-refractivity contribution in [2.45, 2.75) is 122 Å². The maximum Gasteiger partial charge on any atom is 0.192 e. The van der Waals surface area contributed by atoms with Gasteiger partial charge in [0.15, 0.2) is 20.4 Å². The first-order valence-electron chi connectivity index (χ1n) is 15.0. The number of aliphatic hydroxyl groups is 1. The first kappa shape index (κ1) is 30.0. The molecule has 40 heavy (non-hydrogen) atoms. The number of carbonyl (C=O) groups excluding carboxylic acids is 1. The van der Waals surface area contributed by atoms with Crippen LogP contribution in [-0.2, 0) is 18.7 Å². The van der Waals surface area contributed by atoms with Crippen molar-refractivity contribution in [3.63, 3.8) is 0 Å². The SMILES string of the molecule is C=C1CC[C@H](O[Si](C)(C)C(C)(C)C)[C@]2(C)[C@@H]1CC(=O)[C@]1(O)CC[C@H]([C@H]3OC(c4ccc(OC)cc4)O[C@@H]32)C1(C)C. The van der Waals surface area contributed by atoms with Gasteiger partial charge in [0.1, 0.15) is 11.4 Å². The van der Waals surface area contributed by atoms with Gasteiger partial charge in [-0.1, -0.05) is 65.8 Å². The minimum absolute atomic E-state index is 0.0376. The number of methoxy groups -OCH3 is 1. The van der Waals surface area contributed by atoms with Crippen LogP contribution in [-0.4, -0.2) is 50.2 Å². The molecule has 0 spiro atoms. The van der Waals surface area contributed by atoms with Crippen LogP contribution in [0.4, 0.5) is 0 Å². The number of rotatable bonds is 4. The molecule has 1 aromatic rings. The van der Waals surface area contributed by atoms with Crippen LogP contribution in [0.1, 0.15) is 85.5 Å². The lowest BCUT2D eigenvalue weighted by atomic mass is 9.58. The molecule has 1 saturated heterocycles. The lowest BCUT2D eigenvalue weighted by Gasteiger charge is -2.55. The number of hydrogen-bond acceptors (Lipinski definition) is 6. The summed E-state index contributed by atoms with van der Waals surface area (Å²) in [5.41, 5.74) is -0.623. The Morgan fingerprint density at radius 2 is 1.73 bits per heavy atom. The Labute approximate surface area is 241 Å². The van der Waals surface area contributed by atoms with Gasteiger partial charge in [-0.25, -0.2) is 0 Å². The molecule has 0 amide bonds. The highest BCUT2D eigenvalue weighted by molar-refractivity contribution is 6.74. The highest BCUT2D eigenvalue weighted by atomic mass is 28.4. The molecule has 1 unspecified atom stereocenters. The molecule has 5 rings (SSSR count). The molecule has 7 heteroatoms. The molecule has 3 saturated carbocycles. The van der Waals surface area contributed by atoms with E-state index in [9.17, 15) is 9.90 Å². The van der Waals surface area contributed by atoms with E-state index in [1.807, 2.05) is 38.1 Å². The van der Waals surface area contributed by atoms with Gasteiger partial charge in [-0.3, -0.25) is 4.79 Å². The van der Waals surface area contributed by atoms with Crippen LogP contribution in [0.5, 0.6) is 5.75 Å². The maximum atomic E-state index is 14.1. The number of Topliss-reactive ketones (excluding diaryl/α,β-unsaturated/α-hetero) is 1. The van der Waals surface area contributed by atoms with Crippen molar-refractivity contribution >= 4 is 14.1 Å². The predicted molar refractivity (Wildman–Crippen MR) is 159 cm³/mol. The second-order valence-electron chi connectivity index (χ2n) is 15.1. The van der Waals surface area contributed by atoms with Crippen LogP contribution in [0.15, 0.2) is 36.4 Å². The Balaban J connectivity index is 1.65. The van der Waals surface area contributed by atoms with Gasteiger partial charge in [0.2, 0.25) is 0 Å². The molecule has 6 nitrogen and oxygen atoms in total. The van der Waals surface area contributed by atoms with Gasteiger partial charge >= 0.3 is 0 Å². The van der Waals surface area contributed by atoms with Crippen molar-refractivity contribution in [1.29, 1.82) is 0 Å². The molecule has 8 atom stereocenters. The van der Waals surface area contributed by atoms with E-state index in [2.05, 4.69) is 47.4 Å². The molecule has 1 aromatic carbocycles. The Kier molecular flexibility index (Phi) is 7.31. The number of benzene rings is 1. The van der Waals surface area contributed by atoms with E-state index >= 15 is 0 Å². The molecule has 0 radical (unpaired) electrons. The van der Waals surface area contributed by atoms with E-state index in [1.54, 1.807) is 7.11 Å². The monoisotopic (exact) mass is 570 g/mol. The van der Waals surface area contributed by atoms with E-state index in [1.165, 1.54) is 0 Å². The molecule has 222 valence electrons. The quantitative estimate of drug-likeness (QED) is 0.311. The molecule has 3 aliphatic carbocycles. The lowest BCUT2D eigenvalue weighted by molar-refractivity contribution is -0.156. The van der Waals surface area contributed by atoms with Crippen molar-refractivity contribution < 1.29 is 28.5 Å². The minimum atomic E-state index is -2.17. The van der Waals surface area contributed by atoms with E-state index in [-0.39, 0.29) is 47.4 Å². The van der Waals surface area contributed by atoms with Crippen LogP contribution in [0.25, 0.3) is 0 Å². The molecular formula is C33H50O6Si. The highest BCUT2D eigenvalue weighted by Crippen LogP contribution is 2.63. The van der Waals surface area contributed by atoms with Crippen molar-refractivity contribution in [2.75, 3.05) is 7.11 Å². The molecule has 0 aromatic heterocycles. The summed E-state index contributed by atoms with van der Waals surface area (Å²) in [6.07, 6.45) is 1.76. The summed E-state index contributed by atoms with van der Waals surface area (Å²) in [6.45, 7) is 22.2. The van der Waals surface area contributed by atoms with Crippen LogP contribution in [0, 0.1) is 22.7 Å². The van der Waals surface area contributed by atoms with Gasteiger partial charge in [0.25, 0.3) is 0 Å². The largest absolute Gasteiger partial charge is 0.497 e. The van der Waals surface area contributed by atoms with E-state index in [0.29, 0.717) is 12.8 Å². The number of ketones is 1. The van der Waals surface area contributed by atoms with Crippen molar-refractivity contribution in [3.8, 4) is 5.75 Å². The van der Waals surface area contributed by atoms with Crippen LogP contribution in [0.3, 0.4) is 0 Å². The summed E-state index contributed by atoms with van der Waals surface area (Å²) < 4.78 is 26.5. The normalized spacial score (nSPS) is 39.6. The molecule has 4 aliphatic rings. The average molecular weight is 571 g/mol. The number of allylic oxidation sites excluding steroid dienone is 1. The van der Waals surface area contributed by atoms with Crippen LogP contribution < -0.4 is 4.74 Å². The number of hydrogen-bond donors (Lipinski definition) is 1. The van der Waals surface area contributed by atoms with E-state index in [4.69, 9.17) is 18.6 Å². The number of fused-ring (bicyclic) bond motifs is 6. The fraction of sp³-hybridized carbons (Fsp3) is 0.727.